The third-order valence-corrected chi connectivity index (χ3v) is 12.7. The van der Waals surface area contributed by atoms with E-state index >= 15 is 0 Å². The normalized spacial score (nSPS) is 22.6. The summed E-state index contributed by atoms with van der Waals surface area (Å²) in [5, 5.41) is 6.63. The quantitative estimate of drug-likeness (QED) is 0.209. The van der Waals surface area contributed by atoms with Gasteiger partial charge in [-0.05, 0) is 65.6 Å². The molecule has 262 valence electrons. The lowest BCUT2D eigenvalue weighted by molar-refractivity contribution is -0.0502. The van der Waals surface area contributed by atoms with Gasteiger partial charge in [0.05, 0.1) is 18.5 Å². The minimum Gasteiger partial charge on any atom is -0.495 e. The molecule has 4 heterocycles. The molecule has 0 unspecified atom stereocenters. The standard InChI is InChI=1S/C29H55B11N8O3/c1-3-18-23(42-15-8-12-51-13-9-15)45-24(21(44-18)22(41)49)43-16-4-5-19(20(14-16)50-2)46-10-6-17(7-11-46)47-25(30,31)27(34,35)48(29(38,39)40)28(36,37)26(47,32)33/h4-5,14-15,17H,3,6-13,30-40H2,1-2H3,(H2,41,49)(H2,42,43,45). The van der Waals surface area contributed by atoms with Crippen LogP contribution in [-0.2, 0) is 11.2 Å². The van der Waals surface area contributed by atoms with E-state index < -0.39 is 5.91 Å². The highest BCUT2D eigenvalue weighted by Crippen LogP contribution is 2.47. The number of amides is 1. The number of carbonyl (C=O) groups excluding carboxylic acids is 1. The molecule has 0 spiro atoms. The Morgan fingerprint density at radius 3 is 2.04 bits per heavy atom. The smallest absolute Gasteiger partial charge is 0.271 e. The van der Waals surface area contributed by atoms with Crippen molar-refractivity contribution in [2.45, 2.75) is 77.7 Å². The molecule has 1 aromatic heterocycles. The fourth-order valence-corrected chi connectivity index (χ4v) is 9.77. The van der Waals surface area contributed by atoms with Crippen molar-refractivity contribution in [1.82, 2.24) is 19.8 Å². The van der Waals surface area contributed by atoms with Crippen LogP contribution in [0.4, 0.5) is 23.0 Å². The molecular weight excluding hydrogens is 627 g/mol. The van der Waals surface area contributed by atoms with Crippen LogP contribution in [0.1, 0.15) is 48.8 Å². The summed E-state index contributed by atoms with van der Waals surface area (Å²) in [7, 11) is 28.4. The Labute approximate surface area is 316 Å². The number of carbonyl (C=O) groups is 1. The van der Waals surface area contributed by atoms with Crippen molar-refractivity contribution in [3.8, 4) is 5.75 Å². The number of rotatable bonds is 10. The van der Waals surface area contributed by atoms with Gasteiger partial charge >= 0.3 is 0 Å². The summed E-state index contributed by atoms with van der Waals surface area (Å²) in [6, 6.07) is 6.76. The fourth-order valence-electron chi connectivity index (χ4n) is 9.77. The molecule has 11 nitrogen and oxygen atoms in total. The van der Waals surface area contributed by atoms with Crippen molar-refractivity contribution in [3.63, 3.8) is 0 Å². The van der Waals surface area contributed by atoms with Crippen molar-refractivity contribution in [3.05, 3.63) is 29.6 Å². The maximum absolute atomic E-state index is 12.5. The monoisotopic (exact) mass is 685 g/mol. The molecule has 1 amide bonds. The van der Waals surface area contributed by atoms with Gasteiger partial charge in [0.1, 0.15) is 92.1 Å². The van der Waals surface area contributed by atoms with Crippen LogP contribution >= 0.6 is 0 Å². The number of ether oxygens (including phenoxy) is 2. The minimum absolute atomic E-state index is 0.0193. The van der Waals surface area contributed by atoms with Gasteiger partial charge in [0, 0.05) is 50.1 Å². The number of nitrogens with zero attached hydrogens (tertiary/aromatic N) is 5. The van der Waals surface area contributed by atoms with E-state index in [1.54, 1.807) is 7.11 Å². The molecule has 4 N–H and O–H groups in total. The fraction of sp³-hybridized carbons (Fsp3) is 0.621. The molecule has 3 aliphatic heterocycles. The maximum Gasteiger partial charge on any atom is 0.271 e. The Balaban J connectivity index is 1.37. The van der Waals surface area contributed by atoms with Crippen LogP contribution in [0.25, 0.3) is 0 Å². The van der Waals surface area contributed by atoms with E-state index in [1.807, 2.05) is 19.1 Å². The van der Waals surface area contributed by atoms with Crippen LogP contribution in [0.3, 0.4) is 0 Å². The Hall–Kier alpha value is -2.44. The molecule has 0 saturated carbocycles. The third-order valence-electron chi connectivity index (χ3n) is 12.7. The van der Waals surface area contributed by atoms with E-state index in [2.05, 4.69) is 123 Å². The first-order valence-electron chi connectivity index (χ1n) is 19.0. The molecule has 0 radical (unpaired) electrons. The molecule has 2 aromatic rings. The SMILES string of the molecule is BC(B)(B)N1C(B)(B)C(B)(B)N(C2CCN(c3ccc(Nc4nc(NC5CCOCC5)c(CC)nc4C(N)=O)cc3OC)CC2)C(B)(B)C1(B)B. The zero-order chi connectivity index (χ0) is 37.7. The predicted octanol–water partition coefficient (Wildman–Crippen LogP) is -8.74. The summed E-state index contributed by atoms with van der Waals surface area (Å²) in [4.78, 5) is 30.1. The highest BCUT2D eigenvalue weighted by Gasteiger charge is 2.64. The van der Waals surface area contributed by atoms with E-state index in [4.69, 9.17) is 20.2 Å². The average molecular weight is 683 g/mol. The molecule has 0 aliphatic carbocycles. The van der Waals surface area contributed by atoms with Crippen molar-refractivity contribution < 1.29 is 14.3 Å². The van der Waals surface area contributed by atoms with Crippen LogP contribution in [-0.4, -0.2) is 184 Å². The molecule has 51 heavy (non-hydrogen) atoms. The van der Waals surface area contributed by atoms with Gasteiger partial charge in [-0.25, -0.2) is 9.97 Å². The van der Waals surface area contributed by atoms with Crippen LogP contribution in [0, 0.1) is 0 Å². The summed E-state index contributed by atoms with van der Waals surface area (Å²) in [5.41, 5.74) is 8.44. The number of anilines is 4. The number of primary amides is 1. The minimum atomic E-state index is -0.623. The summed E-state index contributed by atoms with van der Waals surface area (Å²) in [5.74, 6) is 1.13. The lowest BCUT2D eigenvalue weighted by Crippen LogP contribution is -2.95. The summed E-state index contributed by atoms with van der Waals surface area (Å²) in [6.45, 7) is 5.28. The molecule has 5 rings (SSSR count). The van der Waals surface area contributed by atoms with E-state index in [-0.39, 0.29) is 38.3 Å². The van der Waals surface area contributed by atoms with Crippen molar-refractivity contribution in [1.29, 1.82) is 0 Å². The second kappa shape index (κ2) is 14.4. The van der Waals surface area contributed by atoms with Gasteiger partial charge in [-0.3, -0.25) is 4.79 Å². The summed E-state index contributed by atoms with van der Waals surface area (Å²) in [6.07, 6.45) is 4.51. The highest BCUT2D eigenvalue weighted by molar-refractivity contribution is 6.64. The molecule has 1 aromatic carbocycles. The number of benzene rings is 1. The molecule has 22 heteroatoms. The Morgan fingerprint density at radius 1 is 0.941 bits per heavy atom. The number of nitrogens with one attached hydrogen (secondary N) is 2. The van der Waals surface area contributed by atoms with Gasteiger partial charge in [0.25, 0.3) is 5.91 Å². The number of hydrogen-bond donors (Lipinski definition) is 3. The first-order valence-corrected chi connectivity index (χ1v) is 19.0. The van der Waals surface area contributed by atoms with Gasteiger partial charge in [-0.1, -0.05) is 12.2 Å². The number of methoxy groups -OCH3 is 1. The van der Waals surface area contributed by atoms with E-state index in [1.165, 1.54) is 0 Å². The van der Waals surface area contributed by atoms with Gasteiger partial charge in [0.2, 0.25) is 0 Å². The lowest BCUT2D eigenvalue weighted by atomic mass is 9.23. The van der Waals surface area contributed by atoms with Gasteiger partial charge in [0.15, 0.2) is 17.3 Å². The zero-order valence-electron chi connectivity index (χ0n) is 33.8. The van der Waals surface area contributed by atoms with Crippen LogP contribution < -0.4 is 26.0 Å². The maximum atomic E-state index is 12.5. The van der Waals surface area contributed by atoms with Gasteiger partial charge < -0.3 is 40.5 Å². The highest BCUT2D eigenvalue weighted by atomic mass is 16.5. The van der Waals surface area contributed by atoms with Gasteiger partial charge in [-0.2, -0.15) is 0 Å². The molecular formula is C29H55B11N8O3. The molecule has 0 atom stereocenters. The van der Waals surface area contributed by atoms with Crippen molar-refractivity contribution in [2.24, 2.45) is 5.73 Å². The van der Waals surface area contributed by atoms with Crippen molar-refractivity contribution in [2.75, 3.05) is 48.9 Å². The van der Waals surface area contributed by atoms with E-state index in [0.717, 1.165) is 55.9 Å². The lowest BCUT2D eigenvalue weighted by Gasteiger charge is -2.78. The summed E-state index contributed by atoms with van der Waals surface area (Å²) >= 11 is 0. The largest absolute Gasteiger partial charge is 0.495 e. The van der Waals surface area contributed by atoms with Crippen molar-refractivity contribution >= 4 is 115 Å². The topological polar surface area (TPSA) is 121 Å². The second-order valence-corrected chi connectivity index (χ2v) is 17.8. The average Bonchev–Trinajstić information content (AvgIpc) is 3.04. The number of piperidine rings is 1. The first-order chi connectivity index (χ1) is 23.7. The molecule has 3 saturated heterocycles. The zero-order valence-corrected chi connectivity index (χ0v) is 33.8. The molecule has 3 fully saturated rings. The van der Waals surface area contributed by atoms with Gasteiger partial charge in [-0.15, -0.1) is 0 Å². The Morgan fingerprint density at radius 2 is 1.53 bits per heavy atom. The Bertz CT molecular complexity index is 1570. The number of aromatic nitrogens is 2. The van der Waals surface area contributed by atoms with E-state index in [0.29, 0.717) is 43.0 Å². The van der Waals surface area contributed by atoms with Crippen LogP contribution in [0.5, 0.6) is 5.75 Å². The summed E-state index contributed by atoms with van der Waals surface area (Å²) < 4.78 is 11.5. The Kier molecular flexibility index (Phi) is 11.2. The van der Waals surface area contributed by atoms with Crippen LogP contribution in [0.15, 0.2) is 18.2 Å². The van der Waals surface area contributed by atoms with Crippen LogP contribution in [0.2, 0.25) is 0 Å². The second-order valence-electron chi connectivity index (χ2n) is 17.8. The number of aryl methyl sites for hydroxylation is 1. The molecule has 3 aliphatic rings. The predicted molar refractivity (Wildman–Crippen MR) is 240 cm³/mol. The number of nitrogens with two attached hydrogens (primary N) is 1. The number of hydrogen-bond acceptors (Lipinski definition) is 10. The van der Waals surface area contributed by atoms with E-state index in [9.17, 15) is 4.79 Å². The number of piperazine rings is 1. The first kappa shape index (κ1) is 39.8. The molecule has 0 bridgehead atoms. The third kappa shape index (κ3) is 7.27.